The molecule has 134 valence electrons. The number of benzene rings is 3. The molecule has 0 aliphatic carbocycles. The van der Waals surface area contributed by atoms with Gasteiger partial charge in [-0.15, -0.1) is 0 Å². The molecule has 3 aromatic rings. The smallest absolute Gasteiger partial charge is 0.266 e. The third-order valence-corrected chi connectivity index (χ3v) is 5.43. The Kier molecular flexibility index (Phi) is 4.82. The standard InChI is InChI=1S/C23H20N2OS/c1-16(2)25-22(26)21(27-23(25)24-19-12-4-3-5-13-19)15-18-11-8-10-17-9-6-7-14-20(17)18/h3-16H,1-2H3/b21-15+,24-23?. The summed E-state index contributed by atoms with van der Waals surface area (Å²) in [6, 6.07) is 24.2. The van der Waals surface area contributed by atoms with E-state index in [-0.39, 0.29) is 11.9 Å². The lowest BCUT2D eigenvalue weighted by molar-refractivity contribution is -0.123. The Bertz CT molecular complexity index is 1050. The molecule has 0 aromatic heterocycles. The van der Waals surface area contributed by atoms with E-state index in [2.05, 4.69) is 24.3 Å². The Morgan fingerprint density at radius 2 is 1.63 bits per heavy atom. The molecule has 0 spiro atoms. The quantitative estimate of drug-likeness (QED) is 0.540. The minimum atomic E-state index is 0.0117. The average molecular weight is 372 g/mol. The number of fused-ring (bicyclic) bond motifs is 1. The Balaban J connectivity index is 1.76. The van der Waals surface area contributed by atoms with Crippen LogP contribution in [0.1, 0.15) is 19.4 Å². The molecule has 1 aliphatic rings. The number of rotatable bonds is 3. The highest BCUT2D eigenvalue weighted by Crippen LogP contribution is 2.36. The summed E-state index contributed by atoms with van der Waals surface area (Å²) in [5.41, 5.74) is 1.90. The zero-order valence-electron chi connectivity index (χ0n) is 15.3. The van der Waals surface area contributed by atoms with Crippen LogP contribution in [0.2, 0.25) is 0 Å². The fraction of sp³-hybridized carbons (Fsp3) is 0.130. The van der Waals surface area contributed by atoms with E-state index in [0.29, 0.717) is 4.91 Å². The zero-order valence-corrected chi connectivity index (χ0v) is 16.1. The van der Waals surface area contributed by atoms with E-state index < -0.39 is 0 Å². The lowest BCUT2D eigenvalue weighted by Crippen LogP contribution is -2.35. The van der Waals surface area contributed by atoms with Gasteiger partial charge in [-0.3, -0.25) is 9.69 Å². The van der Waals surface area contributed by atoms with E-state index in [1.54, 1.807) is 4.90 Å². The van der Waals surface area contributed by atoms with Gasteiger partial charge >= 0.3 is 0 Å². The van der Waals surface area contributed by atoms with E-state index >= 15 is 0 Å². The summed E-state index contributed by atoms with van der Waals surface area (Å²) in [4.78, 5) is 20.2. The van der Waals surface area contributed by atoms with Crippen molar-refractivity contribution in [2.75, 3.05) is 0 Å². The second-order valence-corrected chi connectivity index (χ2v) is 7.69. The van der Waals surface area contributed by atoms with E-state index in [1.165, 1.54) is 17.1 Å². The largest absolute Gasteiger partial charge is 0.284 e. The molecule has 0 N–H and O–H groups in total. The van der Waals surface area contributed by atoms with E-state index in [0.717, 1.165) is 21.8 Å². The van der Waals surface area contributed by atoms with Crippen LogP contribution in [0.25, 0.3) is 16.8 Å². The maximum Gasteiger partial charge on any atom is 0.266 e. The maximum atomic E-state index is 13.0. The Morgan fingerprint density at radius 3 is 2.41 bits per heavy atom. The second kappa shape index (κ2) is 7.41. The first-order valence-electron chi connectivity index (χ1n) is 8.98. The van der Waals surface area contributed by atoms with Crippen LogP contribution in [0.5, 0.6) is 0 Å². The number of hydrogen-bond acceptors (Lipinski definition) is 3. The molecule has 4 heteroatoms. The van der Waals surface area contributed by atoms with Crippen molar-refractivity contribution in [2.24, 2.45) is 4.99 Å². The van der Waals surface area contributed by atoms with Gasteiger partial charge in [0.2, 0.25) is 0 Å². The lowest BCUT2D eigenvalue weighted by Gasteiger charge is -2.19. The van der Waals surface area contributed by atoms with Crippen LogP contribution in [0.15, 0.2) is 82.7 Å². The molecule has 1 saturated heterocycles. The highest BCUT2D eigenvalue weighted by atomic mass is 32.2. The van der Waals surface area contributed by atoms with Crippen LogP contribution < -0.4 is 0 Å². The summed E-state index contributed by atoms with van der Waals surface area (Å²) in [6.07, 6.45) is 1.98. The van der Waals surface area contributed by atoms with Crippen LogP contribution in [0.3, 0.4) is 0 Å². The summed E-state index contributed by atoms with van der Waals surface area (Å²) < 4.78 is 0. The van der Waals surface area contributed by atoms with Gasteiger partial charge in [0.05, 0.1) is 10.6 Å². The summed E-state index contributed by atoms with van der Waals surface area (Å²) in [5.74, 6) is 0.0117. The summed E-state index contributed by atoms with van der Waals surface area (Å²) >= 11 is 1.44. The number of carbonyl (C=O) groups excluding carboxylic acids is 1. The molecule has 1 aliphatic heterocycles. The summed E-state index contributed by atoms with van der Waals surface area (Å²) in [6.45, 7) is 4.03. The minimum absolute atomic E-state index is 0.0117. The number of amides is 1. The first kappa shape index (κ1) is 17.6. The Labute approximate surface area is 163 Å². The third-order valence-electron chi connectivity index (χ3n) is 4.44. The number of aliphatic imine (C=N–C) groups is 1. The second-order valence-electron chi connectivity index (χ2n) is 6.68. The van der Waals surface area contributed by atoms with Gasteiger partial charge in [0.25, 0.3) is 5.91 Å². The lowest BCUT2D eigenvalue weighted by atomic mass is 10.0. The average Bonchev–Trinajstić information content (AvgIpc) is 2.98. The van der Waals surface area contributed by atoms with Crippen LogP contribution in [0, 0.1) is 0 Å². The number of nitrogens with zero attached hydrogens (tertiary/aromatic N) is 2. The van der Waals surface area contributed by atoms with Crippen molar-refractivity contribution in [2.45, 2.75) is 19.9 Å². The van der Waals surface area contributed by atoms with Crippen molar-refractivity contribution in [3.8, 4) is 0 Å². The van der Waals surface area contributed by atoms with Crippen molar-refractivity contribution >= 4 is 45.4 Å². The molecule has 0 atom stereocenters. The molecule has 0 radical (unpaired) electrons. The summed E-state index contributed by atoms with van der Waals surface area (Å²) in [7, 11) is 0. The van der Waals surface area contributed by atoms with Gasteiger partial charge in [-0.25, -0.2) is 4.99 Å². The van der Waals surface area contributed by atoms with E-state index in [9.17, 15) is 4.79 Å². The Morgan fingerprint density at radius 1 is 0.926 bits per heavy atom. The monoisotopic (exact) mass is 372 g/mol. The fourth-order valence-electron chi connectivity index (χ4n) is 3.15. The molecular formula is C23H20N2OS. The molecule has 27 heavy (non-hydrogen) atoms. The van der Waals surface area contributed by atoms with Gasteiger partial charge in [0, 0.05) is 6.04 Å². The van der Waals surface area contributed by atoms with Crippen LogP contribution in [-0.2, 0) is 4.79 Å². The maximum absolute atomic E-state index is 13.0. The van der Waals surface area contributed by atoms with Crippen molar-refractivity contribution in [3.05, 3.63) is 83.3 Å². The predicted octanol–water partition coefficient (Wildman–Crippen LogP) is 5.85. The minimum Gasteiger partial charge on any atom is -0.284 e. The highest BCUT2D eigenvalue weighted by molar-refractivity contribution is 8.18. The molecule has 0 bridgehead atoms. The Hall–Kier alpha value is -2.85. The molecule has 1 heterocycles. The van der Waals surface area contributed by atoms with Gasteiger partial charge < -0.3 is 0 Å². The zero-order chi connectivity index (χ0) is 18.8. The number of para-hydroxylation sites is 1. The van der Waals surface area contributed by atoms with Crippen molar-refractivity contribution in [1.29, 1.82) is 0 Å². The number of carbonyl (C=O) groups is 1. The molecule has 3 nitrogen and oxygen atoms in total. The number of hydrogen-bond donors (Lipinski definition) is 0. The van der Waals surface area contributed by atoms with Gasteiger partial charge in [-0.05, 0) is 60.2 Å². The molecule has 0 unspecified atom stereocenters. The van der Waals surface area contributed by atoms with Crippen LogP contribution in [0.4, 0.5) is 5.69 Å². The molecule has 0 saturated carbocycles. The van der Waals surface area contributed by atoms with E-state index in [4.69, 9.17) is 4.99 Å². The van der Waals surface area contributed by atoms with Gasteiger partial charge in [0.15, 0.2) is 5.17 Å². The van der Waals surface area contributed by atoms with Gasteiger partial charge in [-0.1, -0.05) is 60.7 Å². The van der Waals surface area contributed by atoms with Gasteiger partial charge in [-0.2, -0.15) is 0 Å². The van der Waals surface area contributed by atoms with E-state index in [1.807, 2.05) is 68.5 Å². The fourth-order valence-corrected chi connectivity index (χ4v) is 4.26. The van der Waals surface area contributed by atoms with Crippen LogP contribution >= 0.6 is 11.8 Å². The molecular weight excluding hydrogens is 352 g/mol. The molecule has 1 fully saturated rings. The van der Waals surface area contributed by atoms with Crippen LogP contribution in [-0.4, -0.2) is 22.0 Å². The number of thioether (sulfide) groups is 1. The summed E-state index contributed by atoms with van der Waals surface area (Å²) in [5, 5.41) is 3.04. The van der Waals surface area contributed by atoms with Crippen molar-refractivity contribution in [1.82, 2.24) is 4.90 Å². The predicted molar refractivity (Wildman–Crippen MR) is 115 cm³/mol. The molecule has 3 aromatic carbocycles. The van der Waals surface area contributed by atoms with Crippen molar-refractivity contribution < 1.29 is 4.79 Å². The van der Waals surface area contributed by atoms with Crippen molar-refractivity contribution in [3.63, 3.8) is 0 Å². The SMILES string of the molecule is CC(C)N1C(=O)/C(=C\c2cccc3ccccc23)SC1=Nc1ccccc1. The van der Waals surface area contributed by atoms with Gasteiger partial charge in [0.1, 0.15) is 0 Å². The first-order chi connectivity index (χ1) is 13.1. The molecule has 1 amide bonds. The highest BCUT2D eigenvalue weighted by Gasteiger charge is 2.35. The molecule has 4 rings (SSSR count). The third kappa shape index (κ3) is 3.53. The first-order valence-corrected chi connectivity index (χ1v) is 9.80. The normalized spacial score (nSPS) is 17.6. The topological polar surface area (TPSA) is 32.7 Å². The number of amidine groups is 1.